The van der Waals surface area contributed by atoms with Gasteiger partial charge in [0, 0.05) is 22.0 Å². The summed E-state index contributed by atoms with van der Waals surface area (Å²) in [5.74, 6) is -0.302. The molecular weight excluding hydrogens is 352 g/mol. The molecule has 0 unspecified atom stereocenters. The summed E-state index contributed by atoms with van der Waals surface area (Å²) >= 11 is 11.5. The molecule has 3 aromatic carbocycles. The van der Waals surface area contributed by atoms with E-state index in [0.717, 1.165) is 11.4 Å². The number of carbonyl (C=O) groups is 1. The van der Waals surface area contributed by atoms with Gasteiger partial charge in [0.25, 0.3) is 5.91 Å². The topological polar surface area (TPSA) is 32.3 Å². The van der Waals surface area contributed by atoms with Gasteiger partial charge in [-0.1, -0.05) is 54.1 Å². The molecule has 0 spiro atoms. The number of anilines is 2. The molecule has 5 heteroatoms. The summed E-state index contributed by atoms with van der Waals surface area (Å²) in [5, 5.41) is 3.58. The van der Waals surface area contributed by atoms with Gasteiger partial charge in [-0.3, -0.25) is 15.0 Å². The first-order valence-corrected chi connectivity index (χ1v) is 8.45. The Bertz CT molecular complexity index is 845. The zero-order chi connectivity index (χ0) is 17.6. The van der Waals surface area contributed by atoms with Crippen LogP contribution in [-0.2, 0) is 0 Å². The minimum Gasteiger partial charge on any atom is -0.298 e. The lowest BCUT2D eigenvalue weighted by Crippen LogP contribution is -2.40. The molecule has 0 heterocycles. The largest absolute Gasteiger partial charge is 0.298 e. The van der Waals surface area contributed by atoms with Gasteiger partial charge in [-0.15, -0.1) is 0 Å². The van der Waals surface area contributed by atoms with Crippen LogP contribution in [-0.4, -0.2) is 11.0 Å². The Balaban J connectivity index is 1.89. The number of thiocarbonyl (C=S) groups is 1. The predicted octanol–water partition coefficient (Wildman–Crippen LogP) is 5.19. The number of benzene rings is 3. The fourth-order valence-corrected chi connectivity index (χ4v) is 2.89. The standard InChI is InChI=1S/C20H15ClN2OS/c21-16-9-7-8-15(14-16)19(24)22-20(25)23(17-10-3-1-4-11-17)18-12-5-2-6-13-18/h1-14H,(H,22,24,25). The molecule has 3 nitrogen and oxygen atoms in total. The van der Waals surface area contributed by atoms with E-state index in [0.29, 0.717) is 15.7 Å². The fourth-order valence-electron chi connectivity index (χ4n) is 2.39. The van der Waals surface area contributed by atoms with Crippen LogP contribution in [0.2, 0.25) is 5.02 Å². The third-order valence-corrected chi connectivity index (χ3v) is 4.06. The molecule has 3 rings (SSSR count). The maximum Gasteiger partial charge on any atom is 0.257 e. The zero-order valence-corrected chi connectivity index (χ0v) is 14.8. The second-order valence-electron chi connectivity index (χ2n) is 5.28. The summed E-state index contributed by atoms with van der Waals surface area (Å²) in [6.07, 6.45) is 0. The monoisotopic (exact) mass is 366 g/mol. The van der Waals surface area contributed by atoms with Crippen molar-refractivity contribution in [1.29, 1.82) is 0 Å². The maximum atomic E-state index is 12.5. The van der Waals surface area contributed by atoms with Gasteiger partial charge in [0.1, 0.15) is 0 Å². The molecule has 25 heavy (non-hydrogen) atoms. The molecule has 0 aliphatic rings. The van der Waals surface area contributed by atoms with Crippen LogP contribution in [0.3, 0.4) is 0 Å². The Labute approximate surface area is 156 Å². The van der Waals surface area contributed by atoms with Crippen molar-refractivity contribution >= 4 is 46.2 Å². The molecule has 124 valence electrons. The average molecular weight is 367 g/mol. The normalized spacial score (nSPS) is 10.1. The summed E-state index contributed by atoms with van der Waals surface area (Å²) in [4.78, 5) is 14.3. The van der Waals surface area contributed by atoms with Crippen molar-refractivity contribution in [3.8, 4) is 0 Å². The van der Waals surface area contributed by atoms with Gasteiger partial charge in [-0.2, -0.15) is 0 Å². The van der Waals surface area contributed by atoms with Gasteiger partial charge in [0.05, 0.1) is 0 Å². The van der Waals surface area contributed by atoms with Crippen LogP contribution in [0.15, 0.2) is 84.9 Å². The van der Waals surface area contributed by atoms with Crippen molar-refractivity contribution < 1.29 is 4.79 Å². The van der Waals surface area contributed by atoms with Crippen LogP contribution in [0.4, 0.5) is 11.4 Å². The van der Waals surface area contributed by atoms with Crippen molar-refractivity contribution in [3.63, 3.8) is 0 Å². The third-order valence-electron chi connectivity index (χ3n) is 3.54. The minimum absolute atomic E-state index is 0.294. The number of hydrogen-bond donors (Lipinski definition) is 1. The van der Waals surface area contributed by atoms with E-state index in [9.17, 15) is 4.79 Å². The third kappa shape index (κ3) is 4.24. The van der Waals surface area contributed by atoms with Gasteiger partial charge in [0.2, 0.25) is 0 Å². The number of nitrogens with one attached hydrogen (secondary N) is 1. The maximum absolute atomic E-state index is 12.5. The van der Waals surface area contributed by atoms with Crippen LogP contribution in [0.5, 0.6) is 0 Å². The van der Waals surface area contributed by atoms with Gasteiger partial charge in [0.15, 0.2) is 5.11 Å². The molecule has 0 saturated carbocycles. The van der Waals surface area contributed by atoms with Gasteiger partial charge < -0.3 is 0 Å². The number of carbonyl (C=O) groups excluding carboxylic acids is 1. The van der Waals surface area contributed by atoms with Crippen LogP contribution in [0, 0.1) is 0 Å². The lowest BCUT2D eigenvalue weighted by atomic mass is 10.2. The Morgan fingerprint density at radius 1 is 0.840 bits per heavy atom. The number of rotatable bonds is 3. The Hall–Kier alpha value is -2.69. The van der Waals surface area contributed by atoms with Gasteiger partial charge in [-0.25, -0.2) is 0 Å². The highest BCUT2D eigenvalue weighted by atomic mass is 35.5. The van der Waals surface area contributed by atoms with Crippen molar-refractivity contribution in [2.45, 2.75) is 0 Å². The lowest BCUT2D eigenvalue weighted by Gasteiger charge is -2.25. The number of amides is 1. The molecule has 1 amide bonds. The van der Waals surface area contributed by atoms with E-state index in [1.54, 1.807) is 24.3 Å². The summed E-state index contributed by atoms with van der Waals surface area (Å²) in [6, 6.07) is 26.0. The predicted molar refractivity (Wildman–Crippen MR) is 107 cm³/mol. The Morgan fingerprint density at radius 2 is 1.40 bits per heavy atom. The highest BCUT2D eigenvalue weighted by Gasteiger charge is 2.17. The van der Waals surface area contributed by atoms with E-state index in [4.69, 9.17) is 23.8 Å². The molecule has 1 N–H and O–H groups in total. The highest BCUT2D eigenvalue weighted by molar-refractivity contribution is 7.80. The second-order valence-corrected chi connectivity index (χ2v) is 6.10. The summed E-state index contributed by atoms with van der Waals surface area (Å²) < 4.78 is 0. The molecule has 0 aliphatic carbocycles. The number of nitrogens with zero attached hydrogens (tertiary/aromatic N) is 1. The number of para-hydroxylation sites is 2. The zero-order valence-electron chi connectivity index (χ0n) is 13.2. The highest BCUT2D eigenvalue weighted by Crippen LogP contribution is 2.25. The van der Waals surface area contributed by atoms with Crippen LogP contribution < -0.4 is 10.2 Å². The Kier molecular flexibility index (Phi) is 5.43. The number of halogens is 1. The average Bonchev–Trinajstić information content (AvgIpc) is 2.63. The van der Waals surface area contributed by atoms with Crippen molar-refractivity contribution in [2.24, 2.45) is 0 Å². The van der Waals surface area contributed by atoms with Crippen molar-refractivity contribution in [1.82, 2.24) is 5.32 Å². The minimum atomic E-state index is -0.302. The molecule has 0 saturated heterocycles. The SMILES string of the molecule is O=C(NC(=S)N(c1ccccc1)c1ccccc1)c1cccc(Cl)c1. The van der Waals surface area contributed by atoms with Crippen molar-refractivity contribution in [3.05, 3.63) is 95.5 Å². The molecule has 0 aromatic heterocycles. The van der Waals surface area contributed by atoms with Crippen molar-refractivity contribution in [2.75, 3.05) is 4.90 Å². The van der Waals surface area contributed by atoms with E-state index in [2.05, 4.69) is 5.32 Å². The van der Waals surface area contributed by atoms with Gasteiger partial charge in [-0.05, 0) is 54.7 Å². The number of hydrogen-bond acceptors (Lipinski definition) is 2. The first-order valence-electron chi connectivity index (χ1n) is 7.66. The first-order chi connectivity index (χ1) is 12.1. The lowest BCUT2D eigenvalue weighted by molar-refractivity contribution is 0.0977. The summed E-state index contributed by atoms with van der Waals surface area (Å²) in [7, 11) is 0. The summed E-state index contributed by atoms with van der Waals surface area (Å²) in [6.45, 7) is 0. The molecule has 0 aliphatic heterocycles. The molecule has 0 fully saturated rings. The molecule has 3 aromatic rings. The Morgan fingerprint density at radius 3 is 1.92 bits per heavy atom. The molecular formula is C20H15ClN2OS. The molecule has 0 radical (unpaired) electrons. The van der Waals surface area contributed by atoms with Gasteiger partial charge >= 0.3 is 0 Å². The second kappa shape index (κ2) is 7.92. The first kappa shape index (κ1) is 17.1. The van der Waals surface area contributed by atoms with Crippen LogP contribution >= 0.6 is 23.8 Å². The molecule has 0 atom stereocenters. The summed E-state index contributed by atoms with van der Waals surface area (Å²) in [5.41, 5.74) is 2.19. The van der Waals surface area contributed by atoms with Crippen LogP contribution in [0.25, 0.3) is 0 Å². The smallest absolute Gasteiger partial charge is 0.257 e. The fraction of sp³-hybridized carbons (Fsp3) is 0. The van der Waals surface area contributed by atoms with E-state index >= 15 is 0 Å². The van der Waals surface area contributed by atoms with E-state index in [-0.39, 0.29) is 5.91 Å². The van der Waals surface area contributed by atoms with E-state index in [1.165, 1.54) is 0 Å². The van der Waals surface area contributed by atoms with Crippen LogP contribution in [0.1, 0.15) is 10.4 Å². The molecule has 0 bridgehead atoms. The quantitative estimate of drug-likeness (QED) is 0.647. The van der Waals surface area contributed by atoms with E-state index < -0.39 is 0 Å². The van der Waals surface area contributed by atoms with E-state index in [1.807, 2.05) is 65.6 Å².